The highest BCUT2D eigenvalue weighted by molar-refractivity contribution is 8.00. The van der Waals surface area contributed by atoms with Gasteiger partial charge < -0.3 is 14.8 Å². The molecule has 0 saturated carbocycles. The van der Waals surface area contributed by atoms with Crippen molar-refractivity contribution in [3.05, 3.63) is 53.6 Å². The molecule has 1 atom stereocenters. The number of anilines is 1. The summed E-state index contributed by atoms with van der Waals surface area (Å²) in [6.45, 7) is 4.88. The van der Waals surface area contributed by atoms with Crippen molar-refractivity contribution < 1.29 is 23.9 Å². The van der Waals surface area contributed by atoms with E-state index < -0.39 is 18.0 Å². The third kappa shape index (κ3) is 5.85. The smallest absolute Gasteiger partial charge is 0.340 e. The molecular weight excluding hydrogens is 378 g/mol. The monoisotopic (exact) mass is 401 g/mol. The van der Waals surface area contributed by atoms with Gasteiger partial charge in [0.15, 0.2) is 6.10 Å². The van der Waals surface area contributed by atoms with E-state index in [9.17, 15) is 14.4 Å². The Bertz CT molecular complexity index is 881. The number of hydrogen-bond acceptors (Lipinski definition) is 6. The Labute approximate surface area is 168 Å². The molecule has 148 valence electrons. The van der Waals surface area contributed by atoms with Gasteiger partial charge in [-0.2, -0.15) is 0 Å². The second kappa shape index (κ2) is 9.94. The molecule has 1 N–H and O–H groups in total. The van der Waals surface area contributed by atoms with Gasteiger partial charge in [0.1, 0.15) is 11.5 Å². The lowest BCUT2D eigenvalue weighted by atomic mass is 10.2. The quantitative estimate of drug-likeness (QED) is 0.534. The number of amides is 1. The molecule has 2 aromatic rings. The van der Waals surface area contributed by atoms with Gasteiger partial charge in [0, 0.05) is 4.90 Å². The fourth-order valence-electron chi connectivity index (χ4n) is 2.37. The van der Waals surface area contributed by atoms with Crippen LogP contribution in [-0.2, 0) is 14.3 Å². The Hall–Kier alpha value is -2.80. The molecular formula is C21H23NO5S. The summed E-state index contributed by atoms with van der Waals surface area (Å²) in [5.74, 6) is -0.305. The molecule has 2 aromatic carbocycles. The second-order valence-corrected chi connectivity index (χ2v) is 7.24. The van der Waals surface area contributed by atoms with Gasteiger partial charge >= 0.3 is 5.97 Å². The molecule has 0 aliphatic rings. The van der Waals surface area contributed by atoms with Crippen molar-refractivity contribution in [2.75, 3.05) is 18.2 Å². The number of aryl methyl sites for hydroxylation is 1. The number of nitrogens with one attached hydrogen (secondary N) is 1. The Morgan fingerprint density at radius 1 is 1.14 bits per heavy atom. The first-order valence-electron chi connectivity index (χ1n) is 8.69. The zero-order chi connectivity index (χ0) is 20.7. The molecule has 0 heterocycles. The van der Waals surface area contributed by atoms with Crippen LogP contribution in [0.15, 0.2) is 47.4 Å². The summed E-state index contributed by atoms with van der Waals surface area (Å²) in [6.07, 6.45) is -1.01. The maximum Gasteiger partial charge on any atom is 0.340 e. The highest BCUT2D eigenvalue weighted by atomic mass is 32.2. The zero-order valence-corrected chi connectivity index (χ0v) is 17.1. The van der Waals surface area contributed by atoms with Crippen molar-refractivity contribution in [2.24, 2.45) is 0 Å². The van der Waals surface area contributed by atoms with E-state index in [0.29, 0.717) is 21.9 Å². The van der Waals surface area contributed by atoms with Crippen LogP contribution in [0, 0.1) is 6.92 Å². The predicted molar refractivity (Wildman–Crippen MR) is 109 cm³/mol. The standard InChI is InChI=1S/C21H23NO5S/c1-13-9-10-18(26-4)17(11-13)22-20(24)15(3)27-21(25)16-7-5-6-8-19(16)28-12-14(2)23/h5-11,15H,12H2,1-4H3,(H,22,24)/t15-/m1/s1. The van der Waals surface area contributed by atoms with E-state index in [0.717, 1.165) is 5.56 Å². The van der Waals surface area contributed by atoms with Crippen LogP contribution in [0.25, 0.3) is 0 Å². The van der Waals surface area contributed by atoms with Crippen molar-refractivity contribution >= 4 is 35.1 Å². The van der Waals surface area contributed by atoms with Crippen molar-refractivity contribution in [2.45, 2.75) is 31.8 Å². The molecule has 7 heteroatoms. The van der Waals surface area contributed by atoms with Gasteiger partial charge in [-0.3, -0.25) is 9.59 Å². The Balaban J connectivity index is 2.07. The summed E-state index contributed by atoms with van der Waals surface area (Å²) in [6, 6.07) is 12.2. The van der Waals surface area contributed by atoms with Crippen LogP contribution in [-0.4, -0.2) is 36.6 Å². The summed E-state index contributed by atoms with van der Waals surface area (Å²) in [4.78, 5) is 36.8. The van der Waals surface area contributed by atoms with Crippen LogP contribution in [0.4, 0.5) is 5.69 Å². The van der Waals surface area contributed by atoms with Crippen molar-refractivity contribution in [1.29, 1.82) is 0 Å². The average Bonchev–Trinajstić information content (AvgIpc) is 2.66. The molecule has 0 aromatic heterocycles. The fourth-order valence-corrected chi connectivity index (χ4v) is 3.21. The third-order valence-corrected chi connectivity index (χ3v) is 5.02. The normalized spacial score (nSPS) is 11.4. The lowest BCUT2D eigenvalue weighted by Crippen LogP contribution is -2.30. The number of benzene rings is 2. The number of thioether (sulfide) groups is 1. The number of esters is 1. The SMILES string of the molecule is COc1ccc(C)cc1NC(=O)[C@@H](C)OC(=O)c1ccccc1SCC(C)=O. The van der Waals surface area contributed by atoms with Crippen molar-refractivity contribution in [3.8, 4) is 5.75 Å². The molecule has 2 rings (SSSR count). The highest BCUT2D eigenvalue weighted by Crippen LogP contribution is 2.26. The van der Waals surface area contributed by atoms with Crippen LogP contribution in [0.3, 0.4) is 0 Å². The minimum absolute atomic E-state index is 0.00742. The summed E-state index contributed by atoms with van der Waals surface area (Å²) >= 11 is 1.26. The van der Waals surface area contributed by atoms with Crippen molar-refractivity contribution in [3.63, 3.8) is 0 Å². The molecule has 0 bridgehead atoms. The Morgan fingerprint density at radius 3 is 2.54 bits per heavy atom. The number of hydrogen-bond donors (Lipinski definition) is 1. The maximum absolute atomic E-state index is 12.5. The number of rotatable bonds is 8. The van der Waals surface area contributed by atoms with E-state index in [2.05, 4.69) is 5.32 Å². The van der Waals surface area contributed by atoms with E-state index in [1.165, 1.54) is 32.7 Å². The number of ether oxygens (including phenoxy) is 2. The Kier molecular flexibility index (Phi) is 7.63. The van der Waals surface area contributed by atoms with Gasteiger partial charge in [0.2, 0.25) is 0 Å². The summed E-state index contributed by atoms with van der Waals surface area (Å²) in [7, 11) is 1.51. The minimum Gasteiger partial charge on any atom is -0.495 e. The largest absolute Gasteiger partial charge is 0.495 e. The number of methoxy groups -OCH3 is 1. The van der Waals surface area contributed by atoms with Gasteiger partial charge in [-0.15, -0.1) is 11.8 Å². The van der Waals surface area contributed by atoms with Crippen molar-refractivity contribution in [1.82, 2.24) is 0 Å². The van der Waals surface area contributed by atoms with Crippen LogP contribution in [0.2, 0.25) is 0 Å². The van der Waals surface area contributed by atoms with E-state index >= 15 is 0 Å². The summed E-state index contributed by atoms with van der Waals surface area (Å²) < 4.78 is 10.6. The molecule has 0 aliphatic heterocycles. The van der Waals surface area contributed by atoms with Crippen LogP contribution in [0.1, 0.15) is 29.8 Å². The average molecular weight is 401 g/mol. The molecule has 0 saturated heterocycles. The molecule has 0 radical (unpaired) electrons. The predicted octanol–water partition coefficient (Wildman–Crippen LogP) is 3.87. The fraction of sp³-hybridized carbons (Fsp3) is 0.286. The lowest BCUT2D eigenvalue weighted by molar-refractivity contribution is -0.123. The molecule has 0 spiro atoms. The third-order valence-electron chi connectivity index (χ3n) is 3.80. The first kappa shape index (κ1) is 21.5. The number of ketones is 1. The molecule has 6 nitrogen and oxygen atoms in total. The summed E-state index contributed by atoms with van der Waals surface area (Å²) in [5.41, 5.74) is 1.78. The minimum atomic E-state index is -1.01. The second-order valence-electron chi connectivity index (χ2n) is 6.23. The van der Waals surface area contributed by atoms with Gasteiger partial charge in [-0.05, 0) is 50.6 Å². The Morgan fingerprint density at radius 2 is 1.86 bits per heavy atom. The molecule has 0 unspecified atom stereocenters. The highest BCUT2D eigenvalue weighted by Gasteiger charge is 2.22. The molecule has 1 amide bonds. The van der Waals surface area contributed by atoms with E-state index in [-0.39, 0.29) is 11.5 Å². The van der Waals surface area contributed by atoms with Crippen LogP contribution in [0.5, 0.6) is 5.75 Å². The first-order valence-corrected chi connectivity index (χ1v) is 9.68. The maximum atomic E-state index is 12.5. The van der Waals surface area contributed by atoms with E-state index in [1.54, 1.807) is 36.4 Å². The number of carbonyl (C=O) groups excluding carboxylic acids is 3. The van der Waals surface area contributed by atoms with Gasteiger partial charge in [0.25, 0.3) is 5.91 Å². The first-order chi connectivity index (χ1) is 13.3. The molecule has 0 aliphatic carbocycles. The van der Waals surface area contributed by atoms with E-state index in [1.807, 2.05) is 13.0 Å². The zero-order valence-electron chi connectivity index (χ0n) is 16.3. The van der Waals surface area contributed by atoms with Crippen LogP contribution < -0.4 is 10.1 Å². The lowest BCUT2D eigenvalue weighted by Gasteiger charge is -2.16. The van der Waals surface area contributed by atoms with Crippen LogP contribution >= 0.6 is 11.8 Å². The number of carbonyl (C=O) groups is 3. The van der Waals surface area contributed by atoms with E-state index in [4.69, 9.17) is 9.47 Å². The van der Waals surface area contributed by atoms with Gasteiger partial charge in [-0.25, -0.2) is 4.79 Å². The summed E-state index contributed by atoms with van der Waals surface area (Å²) in [5, 5.41) is 2.72. The number of Topliss-reactive ketones (excluding diaryl/α,β-unsaturated/α-hetero) is 1. The molecule has 28 heavy (non-hydrogen) atoms. The van der Waals surface area contributed by atoms with Gasteiger partial charge in [-0.1, -0.05) is 18.2 Å². The molecule has 0 fully saturated rings. The topological polar surface area (TPSA) is 81.7 Å². The van der Waals surface area contributed by atoms with Gasteiger partial charge in [0.05, 0.1) is 24.1 Å².